The van der Waals surface area contributed by atoms with Crippen molar-refractivity contribution in [2.24, 2.45) is 5.92 Å². The van der Waals surface area contributed by atoms with Gasteiger partial charge in [-0.3, -0.25) is 20.1 Å². The van der Waals surface area contributed by atoms with Crippen molar-refractivity contribution in [3.8, 4) is 0 Å². The molecule has 1 amide bonds. The number of likely N-dealkylation sites (tertiary alicyclic amines) is 1. The lowest BCUT2D eigenvalue weighted by Crippen LogP contribution is -2.60. The van der Waals surface area contributed by atoms with Crippen LogP contribution in [0.2, 0.25) is 0 Å². The van der Waals surface area contributed by atoms with Crippen LogP contribution in [0.15, 0.2) is 36.5 Å². The van der Waals surface area contributed by atoms with E-state index >= 15 is 4.39 Å². The van der Waals surface area contributed by atoms with E-state index in [0.29, 0.717) is 6.08 Å². The molecule has 2 aromatic rings. The number of nitrogens with zero attached hydrogens (tertiary/aromatic N) is 2. The molecule has 1 N–H and O–H groups in total. The van der Waals surface area contributed by atoms with Crippen LogP contribution in [0.5, 0.6) is 0 Å². The summed E-state index contributed by atoms with van der Waals surface area (Å²) in [5, 5.41) is 0. The monoisotopic (exact) mass is 539 g/mol. The summed E-state index contributed by atoms with van der Waals surface area (Å²) < 4.78 is 124. The van der Waals surface area contributed by atoms with E-state index in [2.05, 4.69) is 9.82 Å². The Balaban J connectivity index is 1.67. The van der Waals surface area contributed by atoms with Crippen LogP contribution in [0.4, 0.5) is 39.5 Å². The lowest BCUT2D eigenvalue weighted by Gasteiger charge is -2.44. The molecule has 0 saturated carbocycles. The summed E-state index contributed by atoms with van der Waals surface area (Å²) in [5.41, 5.74) is -7.78. The number of hydrogen-bond acceptors (Lipinski definition) is 4. The van der Waals surface area contributed by atoms with E-state index in [1.165, 1.54) is 17.0 Å². The van der Waals surface area contributed by atoms with Crippen LogP contribution in [-0.2, 0) is 27.1 Å². The third kappa shape index (κ3) is 4.51. The van der Waals surface area contributed by atoms with E-state index in [1.54, 1.807) is 13.8 Å². The molecule has 2 aliphatic rings. The van der Waals surface area contributed by atoms with Crippen molar-refractivity contribution in [1.29, 1.82) is 0 Å². The maximum atomic E-state index is 15.1. The molecule has 1 atom stereocenters. The highest BCUT2D eigenvalue weighted by Crippen LogP contribution is 2.49. The van der Waals surface area contributed by atoms with Crippen LogP contribution < -0.4 is 5.48 Å². The number of nitrogens with one attached hydrogen (secondary N) is 1. The van der Waals surface area contributed by atoms with Crippen molar-refractivity contribution in [3.63, 3.8) is 0 Å². The molecule has 0 aliphatic carbocycles. The fourth-order valence-corrected chi connectivity index (χ4v) is 4.06. The second kappa shape index (κ2) is 8.64. The van der Waals surface area contributed by atoms with Gasteiger partial charge >= 0.3 is 12.4 Å². The Morgan fingerprint density at radius 2 is 1.76 bits per heavy atom. The Hall–Kier alpha value is -3.29. The van der Waals surface area contributed by atoms with Gasteiger partial charge in [0, 0.05) is 23.2 Å². The smallest absolute Gasteiger partial charge is 0.335 e. The Morgan fingerprint density at radius 1 is 1.11 bits per heavy atom. The number of pyridine rings is 1. The van der Waals surface area contributed by atoms with Gasteiger partial charge in [-0.05, 0) is 30.3 Å². The van der Waals surface area contributed by atoms with E-state index in [-0.39, 0.29) is 48.3 Å². The average Bonchev–Trinajstić information content (AvgIpc) is 3.24. The van der Waals surface area contributed by atoms with E-state index in [4.69, 9.17) is 0 Å². The molecule has 0 radical (unpaired) electrons. The number of alkyl halides is 7. The number of carbonyl (C=O) groups is 1. The van der Waals surface area contributed by atoms with Gasteiger partial charge in [0.25, 0.3) is 0 Å². The Labute approximate surface area is 203 Å². The predicted molar refractivity (Wildman–Crippen MR) is 110 cm³/mol. The Kier molecular flexibility index (Phi) is 6.25. The van der Waals surface area contributed by atoms with Crippen LogP contribution in [0.25, 0.3) is 5.70 Å². The lowest BCUT2D eigenvalue weighted by atomic mass is 9.89. The number of carbonyl (C=O) groups excluding carboxylic acids is 1. The van der Waals surface area contributed by atoms with Crippen LogP contribution in [0.3, 0.4) is 0 Å². The molecule has 14 heteroatoms. The van der Waals surface area contributed by atoms with Crippen molar-refractivity contribution in [2.75, 3.05) is 13.1 Å². The fourth-order valence-electron chi connectivity index (χ4n) is 4.06. The number of halogens is 9. The minimum absolute atomic E-state index is 0.0335. The molecule has 1 aromatic heterocycles. The molecule has 5 nitrogen and oxygen atoms in total. The third-order valence-electron chi connectivity index (χ3n) is 6.08. The molecule has 200 valence electrons. The van der Waals surface area contributed by atoms with Gasteiger partial charge in [0.2, 0.25) is 11.5 Å². The van der Waals surface area contributed by atoms with Crippen molar-refractivity contribution >= 4 is 11.6 Å². The fraction of sp³-hybridized carbons (Fsp3) is 0.391. The summed E-state index contributed by atoms with van der Waals surface area (Å²) in [5.74, 6) is -5.09. The first kappa shape index (κ1) is 26.8. The summed E-state index contributed by atoms with van der Waals surface area (Å²) in [6, 6.07) is 2.16. The van der Waals surface area contributed by atoms with Gasteiger partial charge in [-0.25, -0.2) is 13.2 Å². The number of hydrogen-bond donors (Lipinski definition) is 1. The van der Waals surface area contributed by atoms with Gasteiger partial charge in [0.05, 0.1) is 30.0 Å². The summed E-state index contributed by atoms with van der Waals surface area (Å²) >= 11 is 0. The zero-order valence-corrected chi connectivity index (χ0v) is 19.1. The van der Waals surface area contributed by atoms with E-state index in [9.17, 15) is 39.9 Å². The molecule has 2 aliphatic heterocycles. The van der Waals surface area contributed by atoms with Gasteiger partial charge in [-0.2, -0.15) is 26.3 Å². The minimum atomic E-state index is -5.48. The van der Waals surface area contributed by atoms with E-state index in [1.807, 2.05) is 5.48 Å². The molecular weight excluding hydrogens is 521 g/mol. The molecule has 1 aromatic carbocycles. The Bertz CT molecular complexity index is 1250. The van der Waals surface area contributed by atoms with Crippen LogP contribution in [0, 0.1) is 17.6 Å². The zero-order chi connectivity index (χ0) is 27.6. The number of rotatable bonds is 4. The number of aromatic nitrogens is 1. The highest BCUT2D eigenvalue weighted by molar-refractivity contribution is 5.79. The topological polar surface area (TPSA) is 54.5 Å². The van der Waals surface area contributed by atoms with Gasteiger partial charge < -0.3 is 4.90 Å². The standard InChI is InChI=1S/C23H18F9N3O2/c1-11(2)19(36)35-9-20(26,10-35)17-4-3-12(8-33-17)16-7-21(37-34-16,23(30,31)32)13-5-14(22(27,28)29)18(25)15(24)6-13/h3-8,11,34H,9-10H2,1-2H3. The summed E-state index contributed by atoms with van der Waals surface area (Å²) in [7, 11) is 0. The van der Waals surface area contributed by atoms with Crippen molar-refractivity contribution < 1.29 is 49.1 Å². The first-order valence-corrected chi connectivity index (χ1v) is 10.7. The summed E-state index contributed by atoms with van der Waals surface area (Å²) in [6.45, 7) is 2.80. The maximum absolute atomic E-state index is 15.1. The maximum Gasteiger partial charge on any atom is 0.428 e. The molecule has 3 heterocycles. The van der Waals surface area contributed by atoms with Crippen LogP contribution in [-0.4, -0.2) is 35.1 Å². The summed E-state index contributed by atoms with van der Waals surface area (Å²) in [4.78, 5) is 21.8. The van der Waals surface area contributed by atoms with Crippen LogP contribution >= 0.6 is 0 Å². The highest BCUT2D eigenvalue weighted by Gasteiger charge is 2.60. The average molecular weight is 539 g/mol. The number of amides is 1. The van der Waals surface area contributed by atoms with Gasteiger partial charge in [-0.1, -0.05) is 13.8 Å². The third-order valence-corrected chi connectivity index (χ3v) is 6.08. The Morgan fingerprint density at radius 3 is 2.27 bits per heavy atom. The van der Waals surface area contributed by atoms with E-state index < -0.39 is 52.1 Å². The molecule has 0 spiro atoms. The summed E-state index contributed by atoms with van der Waals surface area (Å²) in [6.07, 6.45) is -9.53. The van der Waals surface area contributed by atoms with Gasteiger partial charge in [-0.15, -0.1) is 0 Å². The molecular formula is C23H18F9N3O2. The van der Waals surface area contributed by atoms with Crippen molar-refractivity contribution in [3.05, 3.63) is 70.6 Å². The first-order valence-electron chi connectivity index (χ1n) is 10.7. The second-order valence-electron chi connectivity index (χ2n) is 9.06. The SMILES string of the molecule is CC(C)C(=O)N1CC(F)(c2ccc(C3=CC(c4cc(F)c(F)c(C(F)(F)F)c4)(C(F)(F)F)ON3)cn2)C1. The largest absolute Gasteiger partial charge is 0.428 e. The number of benzene rings is 1. The predicted octanol–water partition coefficient (Wildman–Crippen LogP) is 5.38. The first-order chi connectivity index (χ1) is 17.0. The molecule has 1 unspecified atom stereocenters. The van der Waals surface area contributed by atoms with Gasteiger partial charge in [0.1, 0.15) is 0 Å². The van der Waals surface area contributed by atoms with Gasteiger partial charge in [0.15, 0.2) is 17.3 Å². The minimum Gasteiger partial charge on any atom is -0.335 e. The molecule has 1 fully saturated rings. The van der Waals surface area contributed by atoms with Crippen LogP contribution in [0.1, 0.15) is 36.2 Å². The quantitative estimate of drug-likeness (QED) is 0.531. The second-order valence-corrected chi connectivity index (χ2v) is 9.06. The van der Waals surface area contributed by atoms with Crippen molar-refractivity contribution in [1.82, 2.24) is 15.4 Å². The zero-order valence-electron chi connectivity index (χ0n) is 19.1. The molecule has 1 saturated heterocycles. The molecule has 4 rings (SSSR count). The number of hydroxylamine groups is 1. The lowest BCUT2D eigenvalue weighted by molar-refractivity contribution is -0.269. The van der Waals surface area contributed by atoms with Crippen molar-refractivity contribution in [2.45, 2.75) is 37.5 Å². The molecule has 37 heavy (non-hydrogen) atoms. The van der Waals surface area contributed by atoms with E-state index in [0.717, 1.165) is 6.20 Å². The highest BCUT2D eigenvalue weighted by atomic mass is 19.4. The normalized spacial score (nSPS) is 21.5. The molecule has 0 bridgehead atoms.